The van der Waals surface area contributed by atoms with Crippen molar-refractivity contribution < 1.29 is 4.92 Å². The second kappa shape index (κ2) is 4.49. The Hall–Kier alpha value is -2.35. The molecule has 1 aromatic heterocycles. The summed E-state index contributed by atoms with van der Waals surface area (Å²) in [5.74, 6) is -0.154. The Morgan fingerprint density at radius 1 is 1.50 bits per heavy atom. The van der Waals surface area contributed by atoms with Crippen LogP contribution in [-0.2, 0) is 0 Å². The minimum absolute atomic E-state index is 0.0340. The molecule has 0 spiro atoms. The zero-order chi connectivity index (χ0) is 13.3. The molecular formula is C10H10N5O2S+. The maximum absolute atomic E-state index is 11.0. The highest BCUT2D eigenvalue weighted by atomic mass is 32.2. The van der Waals surface area contributed by atoms with Gasteiger partial charge in [-0.1, -0.05) is 12.1 Å². The average Bonchev–Trinajstić information content (AvgIpc) is 2.71. The van der Waals surface area contributed by atoms with Crippen LogP contribution >= 0.6 is 10.7 Å². The second-order valence-electron chi connectivity index (χ2n) is 3.52. The third kappa shape index (κ3) is 1.93. The van der Waals surface area contributed by atoms with Crippen molar-refractivity contribution in [2.75, 3.05) is 0 Å². The van der Waals surface area contributed by atoms with Crippen molar-refractivity contribution >= 4 is 22.2 Å². The molecule has 3 N–H and O–H groups in total. The van der Waals surface area contributed by atoms with Gasteiger partial charge in [0.15, 0.2) is 16.5 Å². The van der Waals surface area contributed by atoms with E-state index in [0.29, 0.717) is 15.5 Å². The SMILES string of the molecule is Cc1nn[s+](-c2ccccc2[N+](=O)[O-])c1C(=N)N. The molecule has 2 rings (SSSR count). The van der Waals surface area contributed by atoms with Gasteiger partial charge < -0.3 is 5.73 Å². The number of nitrogens with one attached hydrogen (secondary N) is 1. The van der Waals surface area contributed by atoms with E-state index in [4.69, 9.17) is 11.1 Å². The summed E-state index contributed by atoms with van der Waals surface area (Å²) in [6.07, 6.45) is 0. The van der Waals surface area contributed by atoms with Gasteiger partial charge in [0.25, 0.3) is 9.77 Å². The summed E-state index contributed by atoms with van der Waals surface area (Å²) >= 11 is 0. The first-order valence-electron chi connectivity index (χ1n) is 4.97. The predicted octanol–water partition coefficient (Wildman–Crippen LogP) is 1.72. The number of aryl methyl sites for hydroxylation is 1. The number of para-hydroxylation sites is 1. The van der Waals surface area contributed by atoms with Gasteiger partial charge >= 0.3 is 5.69 Å². The highest BCUT2D eigenvalue weighted by molar-refractivity contribution is 7.36. The maximum Gasteiger partial charge on any atom is 0.331 e. The normalized spacial score (nSPS) is 11.3. The monoisotopic (exact) mass is 264 g/mol. The number of hydrogen-bond donors (Lipinski definition) is 2. The van der Waals surface area contributed by atoms with Gasteiger partial charge in [0, 0.05) is 12.1 Å². The quantitative estimate of drug-likeness (QED) is 0.287. The second-order valence-corrected chi connectivity index (χ2v) is 5.10. The number of nitro benzene ring substituents is 1. The lowest BCUT2D eigenvalue weighted by Gasteiger charge is -1.94. The van der Waals surface area contributed by atoms with Gasteiger partial charge in [0.1, 0.15) is 5.69 Å². The van der Waals surface area contributed by atoms with Crippen LogP contribution < -0.4 is 5.73 Å². The summed E-state index contributed by atoms with van der Waals surface area (Å²) < 4.78 is 3.99. The number of rotatable bonds is 3. The molecule has 0 saturated carbocycles. The third-order valence-corrected chi connectivity index (χ3v) is 4.22. The number of hydrogen-bond acceptors (Lipinski definition) is 5. The number of amidine groups is 1. The smallest absolute Gasteiger partial charge is 0.331 e. The molecule has 0 aliphatic carbocycles. The summed E-state index contributed by atoms with van der Waals surface area (Å²) in [4.78, 5) is 11.4. The number of nitrogen functional groups attached to an aromatic ring is 1. The lowest BCUT2D eigenvalue weighted by Crippen LogP contribution is -2.11. The van der Waals surface area contributed by atoms with Crippen LogP contribution in [0.2, 0.25) is 0 Å². The predicted molar refractivity (Wildman–Crippen MR) is 68.3 cm³/mol. The first-order valence-corrected chi connectivity index (χ1v) is 6.15. The summed E-state index contributed by atoms with van der Waals surface area (Å²) in [5.41, 5.74) is 5.98. The fourth-order valence-electron chi connectivity index (χ4n) is 1.55. The van der Waals surface area contributed by atoms with Gasteiger partial charge in [-0.05, 0) is 6.92 Å². The molecule has 7 nitrogen and oxygen atoms in total. The molecular weight excluding hydrogens is 254 g/mol. The summed E-state index contributed by atoms with van der Waals surface area (Å²) in [5, 5.41) is 22.4. The third-order valence-electron chi connectivity index (χ3n) is 2.31. The van der Waals surface area contributed by atoms with Crippen LogP contribution in [0.15, 0.2) is 24.3 Å². The Morgan fingerprint density at radius 2 is 2.17 bits per heavy atom. The van der Waals surface area contributed by atoms with Crippen LogP contribution in [0.3, 0.4) is 0 Å². The number of nitro groups is 1. The van der Waals surface area contributed by atoms with E-state index in [1.807, 2.05) is 0 Å². The number of aromatic nitrogens is 2. The Labute approximate surface area is 105 Å². The molecule has 2 aromatic rings. The molecule has 1 atom stereocenters. The lowest BCUT2D eigenvalue weighted by atomic mass is 10.3. The van der Waals surface area contributed by atoms with Crippen molar-refractivity contribution in [2.24, 2.45) is 5.73 Å². The highest BCUT2D eigenvalue weighted by Crippen LogP contribution is 2.38. The van der Waals surface area contributed by atoms with Crippen molar-refractivity contribution in [3.05, 3.63) is 45.0 Å². The molecule has 0 amide bonds. The molecule has 0 aliphatic rings. The zero-order valence-electron chi connectivity index (χ0n) is 9.45. The number of benzene rings is 1. The zero-order valence-corrected chi connectivity index (χ0v) is 10.3. The average molecular weight is 264 g/mol. The number of nitrogens with zero attached hydrogens (tertiary/aromatic N) is 3. The van der Waals surface area contributed by atoms with Gasteiger partial charge in [-0.3, -0.25) is 15.5 Å². The topological polar surface area (TPSA) is 119 Å². The van der Waals surface area contributed by atoms with E-state index in [2.05, 4.69) is 9.59 Å². The van der Waals surface area contributed by atoms with Crippen molar-refractivity contribution in [3.8, 4) is 4.90 Å². The Morgan fingerprint density at radius 3 is 2.78 bits per heavy atom. The molecule has 8 heteroatoms. The fraction of sp³-hybridized carbons (Fsp3) is 0.100. The van der Waals surface area contributed by atoms with Crippen LogP contribution in [0.4, 0.5) is 5.69 Å². The Balaban J connectivity index is 2.70. The van der Waals surface area contributed by atoms with Crippen molar-refractivity contribution in [1.82, 2.24) is 9.59 Å². The summed E-state index contributed by atoms with van der Waals surface area (Å²) in [6.45, 7) is 1.68. The van der Waals surface area contributed by atoms with Crippen LogP contribution in [0, 0.1) is 22.4 Å². The van der Waals surface area contributed by atoms with E-state index in [-0.39, 0.29) is 11.5 Å². The first-order chi connectivity index (χ1) is 8.52. The minimum Gasteiger partial charge on any atom is -0.379 e. The lowest BCUT2D eigenvalue weighted by molar-refractivity contribution is -0.383. The highest BCUT2D eigenvalue weighted by Gasteiger charge is 2.32. The molecule has 92 valence electrons. The fourth-order valence-corrected chi connectivity index (χ4v) is 3.22. The molecule has 0 aliphatic heterocycles. The Bertz CT molecular complexity index is 637. The molecule has 1 heterocycles. The maximum atomic E-state index is 11.0. The van der Waals surface area contributed by atoms with E-state index >= 15 is 0 Å². The van der Waals surface area contributed by atoms with Crippen LogP contribution in [-0.4, -0.2) is 20.3 Å². The van der Waals surface area contributed by atoms with Gasteiger partial charge in [-0.25, -0.2) is 0 Å². The molecule has 0 saturated heterocycles. The van der Waals surface area contributed by atoms with E-state index < -0.39 is 15.6 Å². The van der Waals surface area contributed by atoms with E-state index in [1.165, 1.54) is 6.07 Å². The van der Waals surface area contributed by atoms with Gasteiger partial charge in [-0.15, -0.1) is 5.10 Å². The van der Waals surface area contributed by atoms with Gasteiger partial charge in [0.2, 0.25) is 0 Å². The van der Waals surface area contributed by atoms with Gasteiger partial charge in [0.05, 0.1) is 9.41 Å². The van der Waals surface area contributed by atoms with Crippen LogP contribution in [0.5, 0.6) is 0 Å². The van der Waals surface area contributed by atoms with Crippen molar-refractivity contribution in [3.63, 3.8) is 0 Å². The van der Waals surface area contributed by atoms with E-state index in [1.54, 1.807) is 25.1 Å². The molecule has 0 bridgehead atoms. The van der Waals surface area contributed by atoms with E-state index in [9.17, 15) is 10.1 Å². The first kappa shape index (κ1) is 12.1. The molecule has 0 fully saturated rings. The van der Waals surface area contributed by atoms with Crippen LogP contribution in [0.25, 0.3) is 4.90 Å². The standard InChI is InChI=1S/C10H10N5O2S/c1-6-9(10(11)12)18(14-13-6)8-5-3-2-4-7(8)15(16)17/h2-5H,1H3,(H3,11,12)/q+1. The number of nitrogens with two attached hydrogens (primary N) is 1. The van der Waals surface area contributed by atoms with Gasteiger partial charge in [-0.2, -0.15) is 0 Å². The van der Waals surface area contributed by atoms with Crippen LogP contribution in [0.1, 0.15) is 10.6 Å². The summed E-state index contributed by atoms with van der Waals surface area (Å²) in [7, 11) is -0.974. The minimum atomic E-state index is -0.974. The molecule has 0 radical (unpaired) electrons. The molecule has 18 heavy (non-hydrogen) atoms. The van der Waals surface area contributed by atoms with E-state index in [0.717, 1.165) is 0 Å². The molecule has 1 aromatic carbocycles. The van der Waals surface area contributed by atoms with Crippen molar-refractivity contribution in [1.29, 1.82) is 5.41 Å². The Kier molecular flexibility index (Phi) is 3.02. The largest absolute Gasteiger partial charge is 0.379 e. The van der Waals surface area contributed by atoms with Crippen molar-refractivity contribution in [2.45, 2.75) is 6.92 Å². The summed E-state index contributed by atoms with van der Waals surface area (Å²) in [6, 6.07) is 6.30. The molecule has 1 unspecified atom stereocenters.